The van der Waals surface area contributed by atoms with Gasteiger partial charge in [0, 0.05) is 6.54 Å². The van der Waals surface area contributed by atoms with Gasteiger partial charge in [-0.25, -0.2) is 0 Å². The topological polar surface area (TPSA) is 69.7 Å². The van der Waals surface area contributed by atoms with Gasteiger partial charge in [-0.2, -0.15) is 0 Å². The number of rotatable bonds is 6. The zero-order chi connectivity index (χ0) is 19.6. The lowest BCUT2D eigenvalue weighted by molar-refractivity contribution is -0.124. The molecular formula is C21H23N3O3. The molecule has 3 amide bonds. The molecule has 2 aromatic carbocycles. The van der Waals surface area contributed by atoms with Crippen LogP contribution in [0.1, 0.15) is 39.2 Å². The lowest BCUT2D eigenvalue weighted by Gasteiger charge is -2.27. The summed E-state index contributed by atoms with van der Waals surface area (Å²) in [4.78, 5) is 40.8. The number of likely N-dealkylation sites (N-methyl/N-ethyl adjacent to an activating group) is 1. The number of hydrogen-bond donors (Lipinski definition) is 1. The molecule has 0 saturated heterocycles. The molecule has 3 rings (SSSR count). The Kier molecular flexibility index (Phi) is 5.37. The van der Waals surface area contributed by atoms with Crippen LogP contribution in [-0.4, -0.2) is 54.2 Å². The van der Waals surface area contributed by atoms with Crippen molar-refractivity contribution in [3.05, 3.63) is 71.3 Å². The maximum Gasteiger partial charge on any atom is 0.262 e. The van der Waals surface area contributed by atoms with Crippen LogP contribution >= 0.6 is 0 Å². The van der Waals surface area contributed by atoms with Crippen molar-refractivity contribution in [2.45, 2.75) is 19.0 Å². The number of fused-ring (bicyclic) bond motifs is 1. The molecule has 2 aromatic rings. The van der Waals surface area contributed by atoms with E-state index in [9.17, 15) is 14.4 Å². The molecule has 2 atom stereocenters. The summed E-state index contributed by atoms with van der Waals surface area (Å²) in [5.74, 6) is -1.21. The largest absolute Gasteiger partial charge is 0.352 e. The zero-order valence-electron chi connectivity index (χ0n) is 15.7. The van der Waals surface area contributed by atoms with Crippen LogP contribution in [0.2, 0.25) is 0 Å². The lowest BCUT2D eigenvalue weighted by Crippen LogP contribution is -2.49. The van der Waals surface area contributed by atoms with Crippen LogP contribution in [-0.2, 0) is 4.79 Å². The highest BCUT2D eigenvalue weighted by atomic mass is 16.2. The van der Waals surface area contributed by atoms with E-state index >= 15 is 0 Å². The van der Waals surface area contributed by atoms with Gasteiger partial charge in [0.1, 0.15) is 6.04 Å². The molecule has 0 bridgehead atoms. The fourth-order valence-corrected chi connectivity index (χ4v) is 3.30. The molecule has 0 fully saturated rings. The molecule has 0 aliphatic carbocycles. The van der Waals surface area contributed by atoms with Gasteiger partial charge >= 0.3 is 0 Å². The van der Waals surface area contributed by atoms with E-state index in [1.54, 1.807) is 31.2 Å². The molecule has 0 spiro atoms. The summed E-state index contributed by atoms with van der Waals surface area (Å²) < 4.78 is 0. The third-order valence-electron chi connectivity index (χ3n) is 4.87. The Hall–Kier alpha value is -2.99. The summed E-state index contributed by atoms with van der Waals surface area (Å²) in [5.41, 5.74) is 1.77. The van der Waals surface area contributed by atoms with Gasteiger partial charge in [-0.15, -0.1) is 0 Å². The van der Waals surface area contributed by atoms with Crippen LogP contribution in [0.15, 0.2) is 54.6 Å². The van der Waals surface area contributed by atoms with Crippen molar-refractivity contribution in [1.82, 2.24) is 15.1 Å². The van der Waals surface area contributed by atoms with E-state index in [1.807, 2.05) is 49.3 Å². The number of amides is 3. The number of carbonyl (C=O) groups is 3. The Labute approximate surface area is 158 Å². The first-order chi connectivity index (χ1) is 12.9. The summed E-state index contributed by atoms with van der Waals surface area (Å²) in [7, 11) is 3.88. The van der Waals surface area contributed by atoms with Gasteiger partial charge in [-0.3, -0.25) is 19.3 Å². The number of imide groups is 1. The first kappa shape index (κ1) is 18.8. The van der Waals surface area contributed by atoms with Crippen LogP contribution in [0.5, 0.6) is 0 Å². The Balaban J connectivity index is 1.69. The second-order valence-electron chi connectivity index (χ2n) is 6.84. The summed E-state index contributed by atoms with van der Waals surface area (Å²) in [5, 5.41) is 2.88. The number of nitrogens with one attached hydrogen (secondary N) is 1. The molecular weight excluding hydrogens is 342 g/mol. The Morgan fingerprint density at radius 2 is 1.48 bits per heavy atom. The second-order valence-corrected chi connectivity index (χ2v) is 6.84. The molecule has 1 heterocycles. The first-order valence-electron chi connectivity index (χ1n) is 8.87. The van der Waals surface area contributed by atoms with E-state index in [0.29, 0.717) is 17.7 Å². The summed E-state index contributed by atoms with van der Waals surface area (Å²) in [6, 6.07) is 15.6. The Morgan fingerprint density at radius 3 is 2.00 bits per heavy atom. The van der Waals surface area contributed by atoms with E-state index < -0.39 is 17.9 Å². The summed E-state index contributed by atoms with van der Waals surface area (Å²) >= 11 is 0. The number of hydrogen-bond acceptors (Lipinski definition) is 4. The Morgan fingerprint density at radius 1 is 0.963 bits per heavy atom. The second kappa shape index (κ2) is 7.72. The number of carbonyl (C=O) groups excluding carboxylic acids is 3. The van der Waals surface area contributed by atoms with Gasteiger partial charge < -0.3 is 10.2 Å². The van der Waals surface area contributed by atoms with Crippen LogP contribution in [0.25, 0.3) is 0 Å². The minimum Gasteiger partial charge on any atom is -0.352 e. The fourth-order valence-electron chi connectivity index (χ4n) is 3.30. The van der Waals surface area contributed by atoms with E-state index in [1.165, 1.54) is 0 Å². The minimum absolute atomic E-state index is 0.00970. The van der Waals surface area contributed by atoms with Gasteiger partial charge in [0.25, 0.3) is 11.8 Å². The molecule has 0 saturated carbocycles. The molecule has 0 radical (unpaired) electrons. The van der Waals surface area contributed by atoms with Gasteiger partial charge in [-0.05, 0) is 38.7 Å². The molecule has 6 nitrogen and oxygen atoms in total. The van der Waals surface area contributed by atoms with Gasteiger partial charge in [0.15, 0.2) is 0 Å². The molecule has 1 N–H and O–H groups in total. The molecule has 140 valence electrons. The average Bonchev–Trinajstić information content (AvgIpc) is 2.93. The molecule has 1 aliphatic heterocycles. The van der Waals surface area contributed by atoms with E-state index in [0.717, 1.165) is 10.5 Å². The zero-order valence-corrected chi connectivity index (χ0v) is 15.7. The molecule has 1 aliphatic rings. The van der Waals surface area contributed by atoms with Crippen LogP contribution in [0.4, 0.5) is 0 Å². The maximum absolute atomic E-state index is 12.7. The first-order valence-corrected chi connectivity index (χ1v) is 8.87. The molecule has 0 unspecified atom stereocenters. The van der Waals surface area contributed by atoms with E-state index in [2.05, 4.69) is 5.32 Å². The van der Waals surface area contributed by atoms with Crippen molar-refractivity contribution in [2.75, 3.05) is 20.6 Å². The lowest BCUT2D eigenvalue weighted by atomic mass is 10.1. The predicted molar refractivity (Wildman–Crippen MR) is 102 cm³/mol. The predicted octanol–water partition coefficient (Wildman–Crippen LogP) is 2.09. The van der Waals surface area contributed by atoms with Crippen molar-refractivity contribution >= 4 is 17.7 Å². The van der Waals surface area contributed by atoms with E-state index in [4.69, 9.17) is 0 Å². The van der Waals surface area contributed by atoms with Crippen molar-refractivity contribution in [2.24, 2.45) is 0 Å². The summed E-state index contributed by atoms with van der Waals surface area (Å²) in [6.45, 7) is 1.95. The standard InChI is InChI=1S/C21H23N3O3/c1-14(24-20(26)16-11-7-8-12-17(16)21(24)27)19(25)22-13-18(23(2)3)15-9-5-4-6-10-15/h4-12,14,18H,13H2,1-3H3,(H,22,25)/t14-,18+/m0/s1. The highest BCUT2D eigenvalue weighted by Gasteiger charge is 2.40. The van der Waals surface area contributed by atoms with Crippen LogP contribution < -0.4 is 5.32 Å². The van der Waals surface area contributed by atoms with Crippen molar-refractivity contribution in [1.29, 1.82) is 0 Å². The minimum atomic E-state index is -0.879. The van der Waals surface area contributed by atoms with Gasteiger partial charge in [-0.1, -0.05) is 42.5 Å². The third-order valence-corrected chi connectivity index (χ3v) is 4.87. The highest BCUT2D eigenvalue weighted by molar-refractivity contribution is 6.22. The molecule has 0 aromatic heterocycles. The van der Waals surface area contributed by atoms with Crippen molar-refractivity contribution in [3.63, 3.8) is 0 Å². The fraction of sp³-hybridized carbons (Fsp3) is 0.286. The normalized spacial score (nSPS) is 15.6. The maximum atomic E-state index is 12.7. The van der Waals surface area contributed by atoms with Gasteiger partial charge in [0.05, 0.1) is 17.2 Å². The highest BCUT2D eigenvalue weighted by Crippen LogP contribution is 2.24. The summed E-state index contributed by atoms with van der Waals surface area (Å²) in [6.07, 6.45) is 0. The average molecular weight is 365 g/mol. The quantitative estimate of drug-likeness (QED) is 0.796. The van der Waals surface area contributed by atoms with E-state index in [-0.39, 0.29) is 11.9 Å². The molecule has 27 heavy (non-hydrogen) atoms. The van der Waals surface area contributed by atoms with Crippen LogP contribution in [0, 0.1) is 0 Å². The molecule has 6 heteroatoms. The number of nitrogens with zero attached hydrogens (tertiary/aromatic N) is 2. The number of benzene rings is 2. The smallest absolute Gasteiger partial charge is 0.262 e. The monoisotopic (exact) mass is 365 g/mol. The Bertz CT molecular complexity index is 829. The van der Waals surface area contributed by atoms with Crippen molar-refractivity contribution < 1.29 is 14.4 Å². The SMILES string of the molecule is C[C@@H](C(=O)NC[C@H](c1ccccc1)N(C)C)N1C(=O)c2ccccc2C1=O. The van der Waals surface area contributed by atoms with Gasteiger partial charge in [0.2, 0.25) is 5.91 Å². The third kappa shape index (κ3) is 3.61. The van der Waals surface area contributed by atoms with Crippen molar-refractivity contribution in [3.8, 4) is 0 Å². The van der Waals surface area contributed by atoms with Crippen LogP contribution in [0.3, 0.4) is 0 Å².